The van der Waals surface area contributed by atoms with Gasteiger partial charge in [0.05, 0.1) is 25.0 Å². The molecule has 3 heterocycles. The molecule has 0 bridgehead atoms. The summed E-state index contributed by atoms with van der Waals surface area (Å²) in [5, 5.41) is -0.434. The lowest BCUT2D eigenvalue weighted by Crippen LogP contribution is -2.56. The molecule has 3 saturated heterocycles. The van der Waals surface area contributed by atoms with Crippen molar-refractivity contribution in [2.24, 2.45) is 5.41 Å². The predicted molar refractivity (Wildman–Crippen MR) is 131 cm³/mol. The van der Waals surface area contributed by atoms with E-state index in [1.807, 2.05) is 36.4 Å². The molecule has 2 aromatic carbocycles. The number of piperazine rings is 1. The Labute approximate surface area is 201 Å². The van der Waals surface area contributed by atoms with Gasteiger partial charge in [-0.25, -0.2) is 8.70 Å². The molecule has 2 N–H and O–H groups in total. The van der Waals surface area contributed by atoms with Crippen LogP contribution < -0.4 is 4.90 Å². The molecule has 184 valence electrons. The second-order valence-electron chi connectivity index (χ2n) is 9.69. The molecule has 7 nitrogen and oxygen atoms in total. The number of carbonyl (C=O) groups is 1. The minimum Gasteiger partial charge on any atom is -0.380 e. The molecule has 3 aliphatic heterocycles. The second kappa shape index (κ2) is 9.56. The van der Waals surface area contributed by atoms with E-state index >= 15 is 4.39 Å². The largest absolute Gasteiger partial charge is 0.380 e. The first kappa shape index (κ1) is 23.7. The van der Waals surface area contributed by atoms with E-state index in [-0.39, 0.29) is 17.8 Å². The van der Waals surface area contributed by atoms with Gasteiger partial charge in [-0.15, -0.1) is 10.8 Å². The molecular weight excluding hydrogens is 457 g/mol. The molecule has 3 aliphatic rings. The average molecular weight is 490 g/mol. The van der Waals surface area contributed by atoms with Crippen LogP contribution in [0, 0.1) is 11.2 Å². The molecule has 2 aromatic rings. The van der Waals surface area contributed by atoms with Crippen LogP contribution in [0.15, 0.2) is 48.5 Å². The maximum atomic E-state index is 15.2. The standard InChI is InChI=1S/C25H32FN3O4S/c26-23-14-22(28-10-8-27(9-11-28)12-13-30)7-6-21(23)16-29-17-25(18-33-19-25)15-24(34(29,31)32)20-4-2-1-3-5-20/h1-7,13-14,24,31-32H,8-12,15-19H2. The van der Waals surface area contributed by atoms with E-state index in [1.165, 1.54) is 6.07 Å². The van der Waals surface area contributed by atoms with Crippen molar-refractivity contribution in [3.8, 4) is 0 Å². The van der Waals surface area contributed by atoms with Crippen molar-refractivity contribution in [2.45, 2.75) is 18.2 Å². The maximum Gasteiger partial charge on any atom is 0.133 e. The second-order valence-corrected chi connectivity index (χ2v) is 11.9. The van der Waals surface area contributed by atoms with Gasteiger partial charge in [0, 0.05) is 55.9 Å². The van der Waals surface area contributed by atoms with Crippen LogP contribution in [0.1, 0.15) is 22.8 Å². The van der Waals surface area contributed by atoms with Gasteiger partial charge < -0.3 is 14.4 Å². The van der Waals surface area contributed by atoms with Crippen molar-refractivity contribution >= 4 is 22.7 Å². The predicted octanol–water partition coefficient (Wildman–Crippen LogP) is 3.78. The number of benzene rings is 2. The summed E-state index contributed by atoms with van der Waals surface area (Å²) >= 11 is 0. The lowest BCUT2D eigenvalue weighted by Gasteiger charge is -2.60. The molecule has 0 saturated carbocycles. The van der Waals surface area contributed by atoms with Crippen molar-refractivity contribution in [3.05, 3.63) is 65.5 Å². The fourth-order valence-electron chi connectivity index (χ4n) is 5.28. The topological polar surface area (TPSA) is 76.5 Å². The number of hydrogen-bond acceptors (Lipinski definition) is 7. The van der Waals surface area contributed by atoms with E-state index in [9.17, 15) is 13.9 Å². The number of ether oxygens (including phenoxy) is 1. The van der Waals surface area contributed by atoms with Crippen molar-refractivity contribution in [1.29, 1.82) is 0 Å². The van der Waals surface area contributed by atoms with Gasteiger partial charge in [-0.05, 0) is 24.1 Å². The summed E-state index contributed by atoms with van der Waals surface area (Å²) in [6.07, 6.45) is 1.56. The van der Waals surface area contributed by atoms with Crippen molar-refractivity contribution < 1.29 is 23.0 Å². The Kier molecular flexibility index (Phi) is 6.67. The first-order chi connectivity index (χ1) is 16.4. The van der Waals surface area contributed by atoms with Gasteiger partial charge in [0.25, 0.3) is 0 Å². The number of rotatable bonds is 6. The Morgan fingerprint density at radius 2 is 1.82 bits per heavy atom. The highest BCUT2D eigenvalue weighted by molar-refractivity contribution is 8.22. The first-order valence-electron chi connectivity index (χ1n) is 11.7. The van der Waals surface area contributed by atoms with E-state index in [4.69, 9.17) is 4.74 Å². The van der Waals surface area contributed by atoms with Gasteiger partial charge in [0.2, 0.25) is 0 Å². The zero-order valence-electron chi connectivity index (χ0n) is 19.2. The summed E-state index contributed by atoms with van der Waals surface area (Å²) in [5.74, 6) is -0.344. The highest BCUT2D eigenvalue weighted by Crippen LogP contribution is 2.65. The van der Waals surface area contributed by atoms with Crippen LogP contribution in [0.3, 0.4) is 0 Å². The van der Waals surface area contributed by atoms with Crippen LogP contribution in [0.5, 0.6) is 0 Å². The Bertz CT molecular complexity index is 1010. The van der Waals surface area contributed by atoms with Crippen LogP contribution in [0.2, 0.25) is 0 Å². The third-order valence-electron chi connectivity index (χ3n) is 7.33. The number of anilines is 1. The van der Waals surface area contributed by atoms with Crippen LogP contribution in [0.4, 0.5) is 10.1 Å². The van der Waals surface area contributed by atoms with Crippen LogP contribution in [0.25, 0.3) is 0 Å². The lowest BCUT2D eigenvalue weighted by molar-refractivity contribution is -0.130. The van der Waals surface area contributed by atoms with Gasteiger partial charge in [-0.1, -0.05) is 36.4 Å². The highest BCUT2D eigenvalue weighted by Gasteiger charge is 2.52. The summed E-state index contributed by atoms with van der Waals surface area (Å²) < 4.78 is 45.1. The summed E-state index contributed by atoms with van der Waals surface area (Å²) in [6, 6.07) is 14.8. The smallest absolute Gasteiger partial charge is 0.133 e. The van der Waals surface area contributed by atoms with Crippen LogP contribution in [-0.4, -0.2) is 77.1 Å². The Balaban J connectivity index is 1.34. The van der Waals surface area contributed by atoms with Gasteiger partial charge in [-0.2, -0.15) is 0 Å². The third kappa shape index (κ3) is 4.60. The third-order valence-corrected chi connectivity index (χ3v) is 9.55. The summed E-state index contributed by atoms with van der Waals surface area (Å²) in [7, 11) is -3.16. The quantitative estimate of drug-likeness (QED) is 0.598. The molecule has 0 radical (unpaired) electrons. The van der Waals surface area contributed by atoms with Crippen LogP contribution in [-0.2, 0) is 16.1 Å². The molecule has 1 unspecified atom stereocenters. The van der Waals surface area contributed by atoms with E-state index in [0.29, 0.717) is 38.3 Å². The van der Waals surface area contributed by atoms with E-state index in [0.717, 1.165) is 43.7 Å². The summed E-state index contributed by atoms with van der Waals surface area (Å²) in [6.45, 7) is 5.20. The van der Waals surface area contributed by atoms with Gasteiger partial charge in [0.1, 0.15) is 12.1 Å². The number of halogens is 1. The molecule has 0 aromatic heterocycles. The normalized spacial score (nSPS) is 25.6. The van der Waals surface area contributed by atoms with Gasteiger partial charge >= 0.3 is 0 Å². The zero-order chi connectivity index (χ0) is 23.8. The molecular formula is C25H32FN3O4S. The monoisotopic (exact) mass is 489 g/mol. The molecule has 1 atom stereocenters. The van der Waals surface area contributed by atoms with E-state index in [2.05, 4.69) is 9.80 Å². The van der Waals surface area contributed by atoms with Crippen LogP contribution >= 0.6 is 10.8 Å². The molecule has 3 fully saturated rings. The number of hydrogen-bond donors (Lipinski definition) is 2. The Morgan fingerprint density at radius 1 is 1.09 bits per heavy atom. The van der Waals surface area contributed by atoms with Gasteiger partial charge in [-0.3, -0.25) is 14.0 Å². The maximum absolute atomic E-state index is 15.2. The minimum atomic E-state index is -3.16. The Morgan fingerprint density at radius 3 is 2.44 bits per heavy atom. The minimum absolute atomic E-state index is 0.132. The lowest BCUT2D eigenvalue weighted by atomic mass is 9.79. The SMILES string of the molecule is O=CCN1CCN(c2ccc(CN3CC4(COC4)CC(c4ccccc4)S3(O)O)c(F)c2)CC1. The van der Waals surface area contributed by atoms with Gasteiger partial charge in [0.15, 0.2) is 0 Å². The molecule has 0 amide bonds. The van der Waals surface area contributed by atoms with Crippen molar-refractivity contribution in [3.63, 3.8) is 0 Å². The summed E-state index contributed by atoms with van der Waals surface area (Å²) in [4.78, 5) is 14.9. The number of aldehydes is 1. The number of carbonyl (C=O) groups excluding carboxylic acids is 1. The van der Waals surface area contributed by atoms with Crippen molar-refractivity contribution in [2.75, 3.05) is 57.4 Å². The molecule has 5 rings (SSSR count). The molecule has 34 heavy (non-hydrogen) atoms. The fraction of sp³-hybridized carbons (Fsp3) is 0.480. The van der Waals surface area contributed by atoms with E-state index < -0.39 is 16.0 Å². The summed E-state index contributed by atoms with van der Waals surface area (Å²) in [5.41, 5.74) is 2.01. The average Bonchev–Trinajstić information content (AvgIpc) is 2.81. The molecule has 9 heteroatoms. The number of nitrogens with zero attached hydrogens (tertiary/aromatic N) is 3. The molecule has 0 aliphatic carbocycles. The van der Waals surface area contributed by atoms with Crippen molar-refractivity contribution in [1.82, 2.24) is 9.21 Å². The van der Waals surface area contributed by atoms with E-state index in [1.54, 1.807) is 10.4 Å². The zero-order valence-corrected chi connectivity index (χ0v) is 20.0. The highest BCUT2D eigenvalue weighted by atomic mass is 32.3. The fourth-order valence-corrected chi connectivity index (χ4v) is 7.54. The molecule has 1 spiro atoms. The first-order valence-corrected chi connectivity index (χ1v) is 13.3. The Hall–Kier alpha value is -2.01.